The molecule has 4 aromatic heterocycles. The summed E-state index contributed by atoms with van der Waals surface area (Å²) in [5.41, 5.74) is 0.545. The minimum Gasteiger partial charge on any atom is -0.450 e. The quantitative estimate of drug-likeness (QED) is 0.0341. The number of fused-ring (bicyclic) bond motifs is 4. The van der Waals surface area contributed by atoms with Crippen LogP contribution in [0.5, 0.6) is 0 Å². The zero-order valence-electron chi connectivity index (χ0n) is 41.9. The molecule has 0 aromatic carbocycles. The topological polar surface area (TPSA) is 291 Å². The number of phosphoric acid groups is 1. The van der Waals surface area contributed by atoms with Crippen molar-refractivity contribution in [3.8, 4) is 0 Å². The predicted molar refractivity (Wildman–Crippen MR) is 270 cm³/mol. The van der Waals surface area contributed by atoms with Gasteiger partial charge in [-0.1, -0.05) is 65.8 Å². The van der Waals surface area contributed by atoms with Crippen molar-refractivity contribution in [1.82, 2.24) is 44.3 Å². The fourth-order valence-corrected chi connectivity index (χ4v) is 12.5. The predicted octanol–water partition coefficient (Wildman–Crippen LogP) is 5.07. The van der Waals surface area contributed by atoms with Crippen LogP contribution in [0.4, 0.5) is 15.0 Å². The summed E-state index contributed by atoms with van der Waals surface area (Å²) in [7, 11) is -8.83. The van der Waals surface area contributed by atoms with Gasteiger partial charge in [-0.25, -0.2) is 38.3 Å². The highest BCUT2D eigenvalue weighted by Gasteiger charge is 2.55. The van der Waals surface area contributed by atoms with Crippen LogP contribution in [-0.2, 0) is 68.7 Å². The van der Waals surface area contributed by atoms with Crippen molar-refractivity contribution in [1.29, 1.82) is 0 Å². The van der Waals surface area contributed by atoms with E-state index in [9.17, 15) is 28.4 Å². The van der Waals surface area contributed by atoms with Crippen LogP contribution in [0, 0.1) is 0 Å². The van der Waals surface area contributed by atoms with Crippen molar-refractivity contribution < 1.29 is 69.8 Å². The van der Waals surface area contributed by atoms with E-state index in [1.165, 1.54) is 32.7 Å². The number of ether oxygens (including phenoxy) is 5. The van der Waals surface area contributed by atoms with Crippen molar-refractivity contribution in [3.63, 3.8) is 0 Å². The van der Waals surface area contributed by atoms with E-state index in [0.717, 1.165) is 18.0 Å². The van der Waals surface area contributed by atoms with Crippen molar-refractivity contribution >= 4 is 83.0 Å². The lowest BCUT2D eigenvalue weighted by Gasteiger charge is -2.38. The van der Waals surface area contributed by atoms with E-state index in [2.05, 4.69) is 102 Å². The number of aromatic nitrogens is 7. The highest BCUT2D eigenvalue weighted by atomic mass is 32.7. The molecule has 4 aliphatic rings. The first-order valence-electron chi connectivity index (χ1n) is 23.9. The Morgan fingerprint density at radius 3 is 2.47 bits per heavy atom. The summed E-state index contributed by atoms with van der Waals surface area (Å²) in [6.45, 7) is 11.5. The number of anilines is 1. The van der Waals surface area contributed by atoms with Crippen LogP contribution in [0.15, 0.2) is 30.0 Å². The summed E-state index contributed by atoms with van der Waals surface area (Å²) in [6.07, 6.45) is -5.41. The standard InChI is InChI=1S/C42H65FN10O15P2SSi2/c1-42(2,3)73(7,8)24-62-33-27-19-64-70(59,71)68-32-26(65-39(30(32)43)52-17-25-10-9-11-44-35-29(25)36(52)47-20-46-35)18-63-69(57,58)67-34(33)40(66-27)53-22-48-31-37(53)49-21-51(38(31)55)12-13-60-23-50-28(54)16-45-41(56)61-14-15-72(4,5)6/h17,20-22,26-27,30,32-34,39-40H,9-16,18-19,23-24H2,1-8H3,(H,45,56)(H,50,54)(H,57,58)(H,59,71)(H,44,46,47)/t26-,27-,30-,32-,33-,34-,39-,40-,70?/m1/s1. The molecule has 25 nitrogen and oxygen atoms in total. The van der Waals surface area contributed by atoms with E-state index in [0.29, 0.717) is 29.8 Å². The van der Waals surface area contributed by atoms with Crippen molar-refractivity contribution in [3.05, 3.63) is 41.1 Å². The van der Waals surface area contributed by atoms with Crippen LogP contribution in [0.3, 0.4) is 0 Å². The molecule has 10 atom stereocenters. The molecular formula is C42H65FN10O15P2SSi2. The summed E-state index contributed by atoms with van der Waals surface area (Å²) in [5, 5.41) is 8.68. The van der Waals surface area contributed by atoms with Gasteiger partial charge in [-0.05, 0) is 29.5 Å². The van der Waals surface area contributed by atoms with E-state index in [1.54, 1.807) is 6.20 Å². The van der Waals surface area contributed by atoms with Crippen molar-refractivity contribution in [2.75, 3.05) is 57.8 Å². The summed E-state index contributed by atoms with van der Waals surface area (Å²) < 4.78 is 102. The van der Waals surface area contributed by atoms with Crippen LogP contribution in [0.2, 0.25) is 43.8 Å². The molecule has 404 valence electrons. The number of alkyl halides is 1. The number of halogens is 1. The molecular weight excluding hydrogens is 1050 g/mol. The van der Waals surface area contributed by atoms with E-state index in [1.807, 2.05) is 0 Å². The Bertz CT molecular complexity index is 2810. The molecule has 3 fully saturated rings. The van der Waals surface area contributed by atoms with E-state index >= 15 is 4.39 Å². The molecule has 8 rings (SSSR count). The molecule has 2 amide bonds. The van der Waals surface area contributed by atoms with Gasteiger partial charge in [-0.2, -0.15) is 0 Å². The molecule has 2 unspecified atom stereocenters. The third-order valence-corrected chi connectivity index (χ3v) is 22.8. The second-order valence-corrected chi connectivity index (χ2v) is 36.6. The number of hydrogen-bond acceptors (Lipinski definition) is 19. The SMILES string of the molecule is CC(C)(C)[Si](C)(C)CO[C@H]1[C@H]2OP(=O)(O)OC[C@H]3O[C@@H](n4cc5c6c(ncnc64)NCCC5)[C@H](F)[C@@H]3OP(=O)(S)OC[C@H]1O[C@H]2n1cnc2c(=O)n(CCOCNC(=O)CNC(=O)OCC[Si](C)(C)C)cnc21. The number of nitrogens with one attached hydrogen (secondary N) is 3. The Morgan fingerprint density at radius 1 is 0.959 bits per heavy atom. The van der Waals surface area contributed by atoms with E-state index in [-0.39, 0.29) is 55.5 Å². The number of nitrogens with zero attached hydrogens (tertiary/aromatic N) is 7. The smallest absolute Gasteiger partial charge is 0.450 e. The van der Waals surface area contributed by atoms with Crippen LogP contribution >= 0.6 is 26.9 Å². The number of alkyl carbamates (subject to hydrolysis) is 1. The second-order valence-electron chi connectivity index (χ2n) is 21.2. The minimum absolute atomic E-state index is 0.00278. The number of thiol groups is 1. The lowest BCUT2D eigenvalue weighted by atomic mass is 10.1. The second kappa shape index (κ2) is 22.1. The molecule has 0 aliphatic carbocycles. The Hall–Kier alpha value is -3.68. The molecule has 8 heterocycles. The number of phosphoric ester groups is 1. The number of amides is 2. The first-order valence-corrected chi connectivity index (χ1v) is 35.1. The Balaban J connectivity index is 0.993. The van der Waals surface area contributed by atoms with Crippen LogP contribution in [0.25, 0.3) is 22.2 Å². The molecule has 73 heavy (non-hydrogen) atoms. The minimum atomic E-state index is -5.18. The summed E-state index contributed by atoms with van der Waals surface area (Å²) >= 11 is 4.26. The average molecular weight is 1120 g/mol. The largest absolute Gasteiger partial charge is 0.472 e. The fraction of sp³-hybridized carbons (Fsp3) is 0.690. The van der Waals surface area contributed by atoms with E-state index in [4.69, 9.17) is 41.8 Å². The monoisotopic (exact) mass is 1120 g/mol. The van der Waals surface area contributed by atoms with Gasteiger partial charge in [0.1, 0.15) is 67.9 Å². The third-order valence-electron chi connectivity index (χ3n) is 13.6. The van der Waals surface area contributed by atoms with Gasteiger partial charge in [-0.3, -0.25) is 36.8 Å². The zero-order chi connectivity index (χ0) is 52.7. The Morgan fingerprint density at radius 2 is 1.71 bits per heavy atom. The lowest BCUT2D eigenvalue weighted by Crippen LogP contribution is -2.47. The van der Waals surface area contributed by atoms with Gasteiger partial charge in [0.05, 0.1) is 52.8 Å². The number of carbonyl (C=O) groups excluding carboxylic acids is 2. The van der Waals surface area contributed by atoms with Gasteiger partial charge in [0.15, 0.2) is 29.8 Å². The van der Waals surface area contributed by atoms with Gasteiger partial charge < -0.3 is 49.1 Å². The summed E-state index contributed by atoms with van der Waals surface area (Å²) in [5.74, 6) is 0.0683. The van der Waals surface area contributed by atoms with Crippen molar-refractivity contribution in [2.45, 2.75) is 133 Å². The van der Waals surface area contributed by atoms with Gasteiger partial charge in [0.25, 0.3) is 5.56 Å². The van der Waals surface area contributed by atoms with Crippen LogP contribution < -0.4 is 21.5 Å². The molecule has 3 saturated heterocycles. The zero-order valence-corrected chi connectivity index (χ0v) is 46.6. The molecule has 0 saturated carbocycles. The number of rotatable bonds is 15. The molecule has 4 aromatic rings. The Kier molecular flexibility index (Phi) is 16.8. The molecule has 31 heteroatoms. The molecule has 2 bridgehead atoms. The Labute approximate surface area is 427 Å². The number of hydrogen-bond donors (Lipinski definition) is 5. The average Bonchev–Trinajstić information content (AvgIpc) is 4.03. The maximum absolute atomic E-state index is 16.8. The van der Waals surface area contributed by atoms with Crippen LogP contribution in [0.1, 0.15) is 45.2 Å². The van der Waals surface area contributed by atoms with Crippen molar-refractivity contribution in [2.24, 2.45) is 0 Å². The lowest BCUT2D eigenvalue weighted by molar-refractivity contribution is -0.121. The van der Waals surface area contributed by atoms with Gasteiger partial charge in [-0.15, -0.1) is 0 Å². The number of imidazole rings is 1. The van der Waals surface area contributed by atoms with Crippen LogP contribution in [-0.4, -0.2) is 156 Å². The molecule has 4 N–H and O–H groups in total. The number of aryl methyl sites for hydroxylation is 1. The van der Waals surface area contributed by atoms with Gasteiger partial charge >= 0.3 is 20.7 Å². The van der Waals surface area contributed by atoms with Gasteiger partial charge in [0, 0.05) is 27.0 Å². The number of carbonyl (C=O) groups is 2. The van der Waals surface area contributed by atoms with Gasteiger partial charge in [0.2, 0.25) is 5.91 Å². The fourth-order valence-electron chi connectivity index (χ4n) is 8.32. The third kappa shape index (κ3) is 13.0. The summed E-state index contributed by atoms with van der Waals surface area (Å²) in [6, 6.07) is 0.793. The maximum atomic E-state index is 16.8. The highest BCUT2D eigenvalue weighted by Crippen LogP contribution is 2.59. The van der Waals surface area contributed by atoms with E-state index < -0.39 is 111 Å². The first kappa shape index (κ1) is 55.6. The summed E-state index contributed by atoms with van der Waals surface area (Å²) in [4.78, 5) is 67.1. The molecule has 0 radical (unpaired) electrons. The maximum Gasteiger partial charge on any atom is 0.472 e. The normalized spacial score (nSPS) is 29.1. The highest BCUT2D eigenvalue weighted by molar-refractivity contribution is 8.44. The molecule has 4 aliphatic heterocycles. The first-order chi connectivity index (χ1) is 34.3. The molecule has 0 spiro atoms.